The van der Waals surface area contributed by atoms with Crippen molar-refractivity contribution in [3.05, 3.63) is 42.5 Å². The lowest BCUT2D eigenvalue weighted by molar-refractivity contribution is -0.156. The summed E-state index contributed by atoms with van der Waals surface area (Å²) in [7, 11) is 0. The van der Waals surface area contributed by atoms with Gasteiger partial charge in [0.15, 0.2) is 0 Å². The Balaban J connectivity index is 2.25. The molecule has 3 atom stereocenters. The standard InChI is InChI=1S/C33H51FN2O4/c1-22(2)13-15-26(24(5)6)20-39-31(37)19-30(33(38)40-21-27(25(7)8)16-14-23(3)4)36-18-17-35-32(36)28-11-9-10-12-29(28)34/h9-12,17-18,22-27,30H,13-16,19-21H2,1-8H3. The molecule has 0 saturated heterocycles. The van der Waals surface area contributed by atoms with Crippen LogP contribution < -0.4 is 0 Å². The van der Waals surface area contributed by atoms with Crippen molar-refractivity contribution in [1.82, 2.24) is 9.55 Å². The van der Waals surface area contributed by atoms with Gasteiger partial charge in [-0.25, -0.2) is 14.2 Å². The first-order chi connectivity index (χ1) is 18.9. The number of nitrogens with zero attached hydrogens (tertiary/aromatic N) is 2. The maximum atomic E-state index is 14.7. The molecule has 3 unspecified atom stereocenters. The molecule has 6 nitrogen and oxygen atoms in total. The second-order valence-electron chi connectivity index (χ2n) is 12.6. The van der Waals surface area contributed by atoms with Crippen LogP contribution in [0.25, 0.3) is 11.4 Å². The lowest BCUT2D eigenvalue weighted by Gasteiger charge is -2.25. The van der Waals surface area contributed by atoms with Gasteiger partial charge in [-0.1, -0.05) is 80.4 Å². The van der Waals surface area contributed by atoms with Crippen LogP contribution in [-0.2, 0) is 19.1 Å². The maximum Gasteiger partial charge on any atom is 0.329 e. The minimum atomic E-state index is -1.02. The molecule has 0 aliphatic heterocycles. The zero-order valence-electron chi connectivity index (χ0n) is 25.9. The number of esters is 2. The SMILES string of the molecule is CC(C)CCC(COC(=O)CC(C(=O)OCC(CCC(C)C)C(C)C)n1ccnc1-c1ccccc1F)C(C)C. The molecule has 2 aromatic rings. The number of halogens is 1. The molecule has 0 radical (unpaired) electrons. The molecule has 1 aromatic heterocycles. The molecule has 7 heteroatoms. The average Bonchev–Trinajstić information content (AvgIpc) is 3.35. The molecule has 0 N–H and O–H groups in total. The summed E-state index contributed by atoms with van der Waals surface area (Å²) >= 11 is 0. The Labute approximate surface area is 241 Å². The smallest absolute Gasteiger partial charge is 0.329 e. The van der Waals surface area contributed by atoms with Crippen molar-refractivity contribution in [2.45, 2.75) is 93.5 Å². The molecular formula is C33H51FN2O4. The molecule has 0 spiro atoms. The second kappa shape index (κ2) is 16.5. The summed E-state index contributed by atoms with van der Waals surface area (Å²) in [4.78, 5) is 31.0. The first kappa shape index (κ1) is 33.5. The molecule has 2 rings (SSSR count). The van der Waals surface area contributed by atoms with Crippen molar-refractivity contribution in [1.29, 1.82) is 0 Å². The fourth-order valence-electron chi connectivity index (χ4n) is 4.73. The maximum absolute atomic E-state index is 14.7. The van der Waals surface area contributed by atoms with Gasteiger partial charge in [-0.15, -0.1) is 0 Å². The summed E-state index contributed by atoms with van der Waals surface area (Å²) in [6, 6.07) is 5.25. The highest BCUT2D eigenvalue weighted by molar-refractivity contribution is 5.82. The molecule has 0 fully saturated rings. The fraction of sp³-hybridized carbons (Fsp3) is 0.667. The number of aromatic nitrogens is 2. The lowest BCUT2D eigenvalue weighted by atomic mass is 9.89. The zero-order valence-corrected chi connectivity index (χ0v) is 25.9. The predicted molar refractivity (Wildman–Crippen MR) is 158 cm³/mol. The van der Waals surface area contributed by atoms with Gasteiger partial charge in [-0.05, 0) is 60.5 Å². The van der Waals surface area contributed by atoms with Crippen molar-refractivity contribution in [2.75, 3.05) is 13.2 Å². The molecular weight excluding hydrogens is 507 g/mol. The summed E-state index contributed by atoms with van der Waals surface area (Å²) in [5.41, 5.74) is 0.254. The Kier molecular flexibility index (Phi) is 13.9. The van der Waals surface area contributed by atoms with Gasteiger partial charge in [0.25, 0.3) is 0 Å². The summed E-state index contributed by atoms with van der Waals surface area (Å²) in [5.74, 6) is 1.09. The van der Waals surface area contributed by atoms with Gasteiger partial charge in [0.1, 0.15) is 17.7 Å². The molecule has 0 aliphatic carbocycles. The monoisotopic (exact) mass is 558 g/mol. The van der Waals surface area contributed by atoms with E-state index >= 15 is 0 Å². The van der Waals surface area contributed by atoms with Gasteiger partial charge in [-0.3, -0.25) is 4.79 Å². The van der Waals surface area contributed by atoms with Crippen LogP contribution in [0.3, 0.4) is 0 Å². The summed E-state index contributed by atoms with van der Waals surface area (Å²) in [5, 5.41) is 0. The minimum Gasteiger partial charge on any atom is -0.465 e. The Morgan fingerprint density at radius 3 is 1.90 bits per heavy atom. The van der Waals surface area contributed by atoms with Crippen molar-refractivity contribution >= 4 is 11.9 Å². The van der Waals surface area contributed by atoms with E-state index in [2.05, 4.69) is 60.4 Å². The summed E-state index contributed by atoms with van der Waals surface area (Å²) in [6.07, 6.45) is 6.91. The van der Waals surface area contributed by atoms with Gasteiger partial charge in [0, 0.05) is 12.4 Å². The van der Waals surface area contributed by atoms with E-state index in [0.29, 0.717) is 30.3 Å². The normalized spacial score (nSPS) is 14.1. The van der Waals surface area contributed by atoms with Crippen LogP contribution in [0, 0.1) is 41.3 Å². The van der Waals surface area contributed by atoms with Crippen molar-refractivity contribution in [2.24, 2.45) is 35.5 Å². The van der Waals surface area contributed by atoms with Gasteiger partial charge >= 0.3 is 11.9 Å². The molecule has 0 saturated carbocycles. The molecule has 0 aliphatic rings. The number of carbonyl (C=O) groups excluding carboxylic acids is 2. The predicted octanol–water partition coefficient (Wildman–Crippen LogP) is 8.12. The number of hydrogen-bond acceptors (Lipinski definition) is 5. The van der Waals surface area contributed by atoms with Crippen LogP contribution in [0.4, 0.5) is 4.39 Å². The van der Waals surface area contributed by atoms with E-state index in [4.69, 9.17) is 9.47 Å². The van der Waals surface area contributed by atoms with E-state index in [1.165, 1.54) is 12.3 Å². The minimum absolute atomic E-state index is 0.209. The number of imidazole rings is 1. The van der Waals surface area contributed by atoms with Crippen LogP contribution in [0.5, 0.6) is 0 Å². The van der Waals surface area contributed by atoms with Crippen LogP contribution in [0.1, 0.15) is 93.5 Å². The number of ether oxygens (including phenoxy) is 2. The van der Waals surface area contributed by atoms with Gasteiger partial charge in [-0.2, -0.15) is 0 Å². The highest BCUT2D eigenvalue weighted by Crippen LogP contribution is 2.28. The number of carbonyl (C=O) groups is 2. The molecule has 1 aromatic carbocycles. The van der Waals surface area contributed by atoms with E-state index in [1.54, 1.807) is 29.0 Å². The topological polar surface area (TPSA) is 70.4 Å². The molecule has 0 amide bonds. The molecule has 1 heterocycles. The van der Waals surface area contributed by atoms with Crippen molar-refractivity contribution in [3.63, 3.8) is 0 Å². The highest BCUT2D eigenvalue weighted by atomic mass is 19.1. The van der Waals surface area contributed by atoms with Gasteiger partial charge in [0.05, 0.1) is 25.2 Å². The van der Waals surface area contributed by atoms with E-state index in [1.807, 2.05) is 0 Å². The first-order valence-electron chi connectivity index (χ1n) is 15.0. The first-order valence-corrected chi connectivity index (χ1v) is 15.0. The third-order valence-electron chi connectivity index (χ3n) is 7.76. The third kappa shape index (κ3) is 10.7. The van der Waals surface area contributed by atoms with Crippen LogP contribution in [-0.4, -0.2) is 34.7 Å². The van der Waals surface area contributed by atoms with Crippen LogP contribution >= 0.6 is 0 Å². The molecule has 224 valence electrons. The Morgan fingerprint density at radius 2 is 1.38 bits per heavy atom. The quantitative estimate of drug-likeness (QED) is 0.183. The van der Waals surface area contributed by atoms with Gasteiger partial charge < -0.3 is 14.0 Å². The Bertz CT molecular complexity index is 1050. The molecule has 0 bridgehead atoms. The van der Waals surface area contributed by atoms with E-state index < -0.39 is 23.8 Å². The van der Waals surface area contributed by atoms with Gasteiger partial charge in [0.2, 0.25) is 0 Å². The number of rotatable bonds is 17. The largest absolute Gasteiger partial charge is 0.465 e. The van der Waals surface area contributed by atoms with Crippen LogP contribution in [0.2, 0.25) is 0 Å². The summed E-state index contributed by atoms with van der Waals surface area (Å²) in [6.45, 7) is 17.8. The highest BCUT2D eigenvalue weighted by Gasteiger charge is 2.30. The fourth-order valence-corrected chi connectivity index (χ4v) is 4.73. The average molecular weight is 559 g/mol. The third-order valence-corrected chi connectivity index (χ3v) is 7.76. The summed E-state index contributed by atoms with van der Waals surface area (Å²) < 4.78 is 27.8. The second-order valence-corrected chi connectivity index (χ2v) is 12.6. The number of hydrogen-bond donors (Lipinski definition) is 0. The van der Waals surface area contributed by atoms with Crippen molar-refractivity contribution in [3.8, 4) is 11.4 Å². The van der Waals surface area contributed by atoms with E-state index in [-0.39, 0.29) is 36.3 Å². The molecule has 40 heavy (non-hydrogen) atoms. The number of benzene rings is 1. The Hall–Kier alpha value is -2.70. The van der Waals surface area contributed by atoms with E-state index in [9.17, 15) is 14.0 Å². The lowest BCUT2D eigenvalue weighted by Crippen LogP contribution is -2.29. The Morgan fingerprint density at radius 1 is 0.825 bits per heavy atom. The van der Waals surface area contributed by atoms with Crippen molar-refractivity contribution < 1.29 is 23.5 Å². The van der Waals surface area contributed by atoms with Crippen LogP contribution in [0.15, 0.2) is 36.7 Å². The van der Waals surface area contributed by atoms with E-state index in [0.717, 1.165) is 25.7 Å². The zero-order chi connectivity index (χ0) is 29.8.